The van der Waals surface area contributed by atoms with Crippen molar-refractivity contribution >= 4 is 17.3 Å². The average Bonchev–Trinajstić information content (AvgIpc) is 2.71. The molecule has 0 fully saturated rings. The van der Waals surface area contributed by atoms with Crippen molar-refractivity contribution < 1.29 is 4.79 Å². The third kappa shape index (κ3) is 2.73. The Balaban J connectivity index is 2.25. The maximum absolute atomic E-state index is 12.3. The standard InChI is InChI=1S/C13H17N5O/c1-4-15-11-5-6-14-7-10(11)13(19)16-12-8(2)17-18-9(12)3/h5-7H,4H2,1-3H3,(H,14,15)(H,16,19)(H,17,18). The molecule has 1 amide bonds. The number of aryl methyl sites for hydroxylation is 2. The Bertz CT molecular complexity index is 571. The van der Waals surface area contributed by atoms with Gasteiger partial charge in [-0.25, -0.2) is 0 Å². The van der Waals surface area contributed by atoms with E-state index in [1.807, 2.05) is 20.8 Å². The molecule has 2 heterocycles. The number of nitrogens with zero attached hydrogens (tertiary/aromatic N) is 2. The van der Waals surface area contributed by atoms with Crippen LogP contribution in [-0.4, -0.2) is 27.6 Å². The molecule has 0 atom stereocenters. The molecule has 6 heteroatoms. The highest BCUT2D eigenvalue weighted by Gasteiger charge is 2.15. The van der Waals surface area contributed by atoms with Crippen LogP contribution in [0.3, 0.4) is 0 Å². The SMILES string of the molecule is CCNc1ccncc1C(=O)Nc1c(C)n[nH]c1C. The highest BCUT2D eigenvalue weighted by Crippen LogP contribution is 2.19. The number of H-pyrrole nitrogens is 1. The van der Waals surface area contributed by atoms with Crippen LogP contribution in [0.15, 0.2) is 18.5 Å². The second-order valence-corrected chi connectivity index (χ2v) is 4.21. The lowest BCUT2D eigenvalue weighted by Crippen LogP contribution is -2.16. The minimum absolute atomic E-state index is 0.198. The topological polar surface area (TPSA) is 82.7 Å². The minimum atomic E-state index is -0.198. The second kappa shape index (κ2) is 5.51. The van der Waals surface area contributed by atoms with Crippen molar-refractivity contribution in [2.75, 3.05) is 17.2 Å². The second-order valence-electron chi connectivity index (χ2n) is 4.21. The van der Waals surface area contributed by atoms with Gasteiger partial charge in [-0.3, -0.25) is 14.9 Å². The lowest BCUT2D eigenvalue weighted by atomic mass is 10.2. The highest BCUT2D eigenvalue weighted by molar-refractivity contribution is 6.08. The molecule has 0 aromatic carbocycles. The Morgan fingerprint density at radius 3 is 2.84 bits per heavy atom. The normalized spacial score (nSPS) is 10.3. The van der Waals surface area contributed by atoms with Crippen LogP contribution in [0.1, 0.15) is 28.7 Å². The Kier molecular flexibility index (Phi) is 3.79. The van der Waals surface area contributed by atoms with E-state index in [9.17, 15) is 4.79 Å². The summed E-state index contributed by atoms with van der Waals surface area (Å²) in [6, 6.07) is 1.79. The number of carbonyl (C=O) groups excluding carboxylic acids is 1. The van der Waals surface area contributed by atoms with Crippen LogP contribution in [0.5, 0.6) is 0 Å². The molecule has 0 saturated heterocycles. The Labute approximate surface area is 111 Å². The first-order chi connectivity index (χ1) is 9.13. The molecular weight excluding hydrogens is 242 g/mol. The molecule has 2 aromatic heterocycles. The maximum atomic E-state index is 12.3. The molecule has 0 radical (unpaired) electrons. The fourth-order valence-corrected chi connectivity index (χ4v) is 1.84. The van der Waals surface area contributed by atoms with E-state index in [-0.39, 0.29) is 5.91 Å². The van der Waals surface area contributed by atoms with Crippen molar-refractivity contribution in [3.8, 4) is 0 Å². The molecule has 3 N–H and O–H groups in total. The van der Waals surface area contributed by atoms with Gasteiger partial charge < -0.3 is 10.6 Å². The zero-order valence-corrected chi connectivity index (χ0v) is 11.2. The number of nitrogens with one attached hydrogen (secondary N) is 3. The Hall–Kier alpha value is -2.37. The average molecular weight is 259 g/mol. The number of hydrogen-bond donors (Lipinski definition) is 3. The van der Waals surface area contributed by atoms with Gasteiger partial charge >= 0.3 is 0 Å². The van der Waals surface area contributed by atoms with E-state index in [1.54, 1.807) is 18.5 Å². The van der Waals surface area contributed by atoms with Gasteiger partial charge in [0.1, 0.15) is 0 Å². The fraction of sp³-hybridized carbons (Fsp3) is 0.308. The molecule has 2 rings (SSSR count). The first kappa shape index (κ1) is 13.1. The predicted octanol–water partition coefficient (Wildman–Crippen LogP) is 2.11. The van der Waals surface area contributed by atoms with E-state index in [4.69, 9.17) is 0 Å². The van der Waals surface area contributed by atoms with Crippen molar-refractivity contribution in [2.45, 2.75) is 20.8 Å². The third-order valence-electron chi connectivity index (χ3n) is 2.80. The van der Waals surface area contributed by atoms with Crippen LogP contribution in [-0.2, 0) is 0 Å². The summed E-state index contributed by atoms with van der Waals surface area (Å²) in [7, 11) is 0. The van der Waals surface area contributed by atoms with E-state index in [2.05, 4.69) is 25.8 Å². The van der Waals surface area contributed by atoms with Crippen molar-refractivity contribution in [1.29, 1.82) is 0 Å². The van der Waals surface area contributed by atoms with Gasteiger partial charge in [0.25, 0.3) is 5.91 Å². The van der Waals surface area contributed by atoms with Gasteiger partial charge in [-0.2, -0.15) is 5.10 Å². The van der Waals surface area contributed by atoms with Crippen molar-refractivity contribution in [3.05, 3.63) is 35.4 Å². The number of hydrogen-bond acceptors (Lipinski definition) is 4. The monoisotopic (exact) mass is 259 g/mol. The first-order valence-corrected chi connectivity index (χ1v) is 6.14. The minimum Gasteiger partial charge on any atom is -0.385 e. The highest BCUT2D eigenvalue weighted by atomic mass is 16.1. The van der Waals surface area contributed by atoms with Gasteiger partial charge in [0, 0.05) is 18.9 Å². The zero-order chi connectivity index (χ0) is 13.8. The number of rotatable bonds is 4. The third-order valence-corrected chi connectivity index (χ3v) is 2.80. The van der Waals surface area contributed by atoms with Crippen LogP contribution in [0, 0.1) is 13.8 Å². The lowest BCUT2D eigenvalue weighted by molar-refractivity contribution is 0.102. The molecule has 6 nitrogen and oxygen atoms in total. The van der Waals surface area contributed by atoms with Crippen LogP contribution in [0.25, 0.3) is 0 Å². The molecule has 0 unspecified atom stereocenters. The van der Waals surface area contributed by atoms with Gasteiger partial charge in [0.15, 0.2) is 0 Å². The lowest BCUT2D eigenvalue weighted by Gasteiger charge is -2.10. The number of carbonyl (C=O) groups is 1. The summed E-state index contributed by atoms with van der Waals surface area (Å²) in [6.45, 7) is 6.43. The maximum Gasteiger partial charge on any atom is 0.259 e. The first-order valence-electron chi connectivity index (χ1n) is 6.14. The van der Waals surface area contributed by atoms with Crippen molar-refractivity contribution in [1.82, 2.24) is 15.2 Å². The predicted molar refractivity (Wildman–Crippen MR) is 74.4 cm³/mol. The van der Waals surface area contributed by atoms with E-state index in [1.165, 1.54) is 0 Å². The Morgan fingerprint density at radius 1 is 1.42 bits per heavy atom. The van der Waals surface area contributed by atoms with Crippen LogP contribution in [0.2, 0.25) is 0 Å². The van der Waals surface area contributed by atoms with Gasteiger partial charge in [-0.05, 0) is 26.8 Å². The molecule has 2 aromatic rings. The molecule has 100 valence electrons. The number of aromatic amines is 1. The summed E-state index contributed by atoms with van der Waals surface area (Å²) in [5.74, 6) is -0.198. The number of pyridine rings is 1. The van der Waals surface area contributed by atoms with Crippen LogP contribution >= 0.6 is 0 Å². The van der Waals surface area contributed by atoms with Gasteiger partial charge in [-0.1, -0.05) is 0 Å². The number of aromatic nitrogens is 3. The largest absolute Gasteiger partial charge is 0.385 e. The van der Waals surface area contributed by atoms with Crippen molar-refractivity contribution in [3.63, 3.8) is 0 Å². The smallest absolute Gasteiger partial charge is 0.259 e. The summed E-state index contributed by atoms with van der Waals surface area (Å²) in [6.07, 6.45) is 3.21. The fourth-order valence-electron chi connectivity index (χ4n) is 1.84. The zero-order valence-electron chi connectivity index (χ0n) is 11.2. The number of amides is 1. The molecule has 0 saturated carbocycles. The van der Waals surface area contributed by atoms with Crippen molar-refractivity contribution in [2.24, 2.45) is 0 Å². The summed E-state index contributed by atoms with van der Waals surface area (Å²) in [5.41, 5.74) is 3.61. The van der Waals surface area contributed by atoms with E-state index in [0.29, 0.717) is 5.56 Å². The summed E-state index contributed by atoms with van der Waals surface area (Å²) < 4.78 is 0. The van der Waals surface area contributed by atoms with Gasteiger partial charge in [0.2, 0.25) is 0 Å². The quantitative estimate of drug-likeness (QED) is 0.785. The van der Waals surface area contributed by atoms with E-state index in [0.717, 1.165) is 29.3 Å². The molecule has 0 bridgehead atoms. The summed E-state index contributed by atoms with van der Waals surface area (Å²) >= 11 is 0. The van der Waals surface area contributed by atoms with Crippen LogP contribution in [0.4, 0.5) is 11.4 Å². The molecule has 0 spiro atoms. The van der Waals surface area contributed by atoms with Gasteiger partial charge in [0.05, 0.1) is 28.3 Å². The molecule has 0 aliphatic rings. The molecule has 0 aliphatic carbocycles. The van der Waals surface area contributed by atoms with Crippen LogP contribution < -0.4 is 10.6 Å². The molecule has 19 heavy (non-hydrogen) atoms. The van der Waals surface area contributed by atoms with Gasteiger partial charge in [-0.15, -0.1) is 0 Å². The summed E-state index contributed by atoms with van der Waals surface area (Å²) in [5, 5.41) is 12.9. The number of anilines is 2. The van der Waals surface area contributed by atoms with E-state index < -0.39 is 0 Å². The summed E-state index contributed by atoms with van der Waals surface area (Å²) in [4.78, 5) is 16.3. The molecular formula is C13H17N5O. The van der Waals surface area contributed by atoms with E-state index >= 15 is 0 Å². The Morgan fingerprint density at radius 2 is 2.21 bits per heavy atom. The molecule has 0 aliphatic heterocycles.